The van der Waals surface area contributed by atoms with Crippen LogP contribution in [0.2, 0.25) is 5.02 Å². The number of halogens is 1. The lowest BCUT2D eigenvalue weighted by Gasteiger charge is -2.06. The van der Waals surface area contributed by atoms with Crippen LogP contribution in [-0.4, -0.2) is 18.1 Å². The molecule has 1 N–H and O–H groups in total. The van der Waals surface area contributed by atoms with Gasteiger partial charge in [0.25, 0.3) is 0 Å². The molecule has 0 fully saturated rings. The summed E-state index contributed by atoms with van der Waals surface area (Å²) in [6, 6.07) is 13.0. The number of hydrogen-bond donors (Lipinski definition) is 1. The molecule has 0 aliphatic rings. The normalized spacial score (nSPS) is 10.7. The Bertz CT molecular complexity index is 841. The van der Waals surface area contributed by atoms with E-state index in [0.29, 0.717) is 5.02 Å². The number of aromatic amines is 1. The largest absolute Gasteiger partial charge is 0.497 e. The minimum absolute atomic E-state index is 0.171. The molecule has 1 heterocycles. The molecule has 118 valence electrons. The summed E-state index contributed by atoms with van der Waals surface area (Å²) in [5.74, 6) is 0.455. The highest BCUT2D eigenvalue weighted by Crippen LogP contribution is 2.24. The number of methoxy groups -OCH3 is 1. The maximum atomic E-state index is 12.1. The maximum Gasteiger partial charge on any atom is 0.310 e. The lowest BCUT2D eigenvalue weighted by Crippen LogP contribution is -2.08. The third-order valence-corrected chi connectivity index (χ3v) is 4.02. The highest BCUT2D eigenvalue weighted by molar-refractivity contribution is 6.31. The van der Waals surface area contributed by atoms with Crippen LogP contribution in [-0.2, 0) is 22.6 Å². The lowest BCUT2D eigenvalue weighted by atomic mass is 10.1. The van der Waals surface area contributed by atoms with Gasteiger partial charge in [0.05, 0.1) is 13.5 Å². The predicted octanol–water partition coefficient (Wildman–Crippen LogP) is 4.12. The van der Waals surface area contributed by atoms with Gasteiger partial charge in [-0.1, -0.05) is 29.8 Å². The molecule has 0 atom stereocenters. The maximum absolute atomic E-state index is 12.1. The summed E-state index contributed by atoms with van der Waals surface area (Å²) in [5, 5.41) is 1.55. The van der Waals surface area contributed by atoms with E-state index in [-0.39, 0.29) is 19.0 Å². The molecule has 0 bridgehead atoms. The second kappa shape index (κ2) is 6.75. The van der Waals surface area contributed by atoms with Gasteiger partial charge in [-0.3, -0.25) is 4.79 Å². The molecule has 0 unspecified atom stereocenters. The van der Waals surface area contributed by atoms with Crippen LogP contribution >= 0.6 is 11.6 Å². The molecule has 4 nitrogen and oxygen atoms in total. The summed E-state index contributed by atoms with van der Waals surface area (Å²) >= 11 is 6.05. The average Bonchev–Trinajstić information content (AvgIpc) is 2.96. The van der Waals surface area contributed by atoms with E-state index in [4.69, 9.17) is 21.1 Å². The summed E-state index contributed by atoms with van der Waals surface area (Å²) in [4.78, 5) is 15.2. The van der Waals surface area contributed by atoms with Crippen molar-refractivity contribution in [1.82, 2.24) is 4.98 Å². The third kappa shape index (κ3) is 3.48. The Labute approximate surface area is 139 Å². The number of carbonyl (C=O) groups excluding carboxylic acids is 1. The Balaban J connectivity index is 1.69. The monoisotopic (exact) mass is 329 g/mol. The Morgan fingerprint density at radius 1 is 1.17 bits per heavy atom. The van der Waals surface area contributed by atoms with Crippen molar-refractivity contribution in [1.29, 1.82) is 0 Å². The van der Waals surface area contributed by atoms with E-state index in [9.17, 15) is 4.79 Å². The fourth-order valence-electron chi connectivity index (χ4n) is 2.41. The Morgan fingerprint density at radius 2 is 2.00 bits per heavy atom. The van der Waals surface area contributed by atoms with Crippen LogP contribution in [0.5, 0.6) is 5.75 Å². The molecule has 5 heteroatoms. The van der Waals surface area contributed by atoms with Crippen molar-refractivity contribution >= 4 is 28.5 Å². The SMILES string of the molecule is COc1ccc2[nH]cc(CC(=O)OCc3ccccc3Cl)c2c1. The number of aromatic nitrogens is 1. The van der Waals surface area contributed by atoms with Crippen molar-refractivity contribution in [3.8, 4) is 5.75 Å². The fraction of sp³-hybridized carbons (Fsp3) is 0.167. The van der Waals surface area contributed by atoms with Gasteiger partial charge in [-0.15, -0.1) is 0 Å². The molecule has 2 aromatic carbocycles. The first-order chi connectivity index (χ1) is 11.2. The van der Waals surface area contributed by atoms with Crippen LogP contribution in [0, 0.1) is 0 Å². The predicted molar refractivity (Wildman–Crippen MR) is 89.8 cm³/mol. The molecule has 0 saturated heterocycles. The number of rotatable bonds is 5. The lowest BCUT2D eigenvalue weighted by molar-refractivity contribution is -0.144. The number of H-pyrrole nitrogens is 1. The number of fused-ring (bicyclic) bond motifs is 1. The zero-order valence-corrected chi connectivity index (χ0v) is 13.4. The topological polar surface area (TPSA) is 51.3 Å². The van der Waals surface area contributed by atoms with Crippen LogP contribution < -0.4 is 4.74 Å². The first kappa shape index (κ1) is 15.4. The molecule has 1 aromatic heterocycles. The number of nitrogens with one attached hydrogen (secondary N) is 1. The van der Waals surface area contributed by atoms with Crippen molar-refractivity contribution in [2.75, 3.05) is 7.11 Å². The van der Waals surface area contributed by atoms with Crippen LogP contribution in [0.1, 0.15) is 11.1 Å². The summed E-state index contributed by atoms with van der Waals surface area (Å²) in [5.41, 5.74) is 2.63. The molecule has 0 amide bonds. The number of esters is 1. The minimum Gasteiger partial charge on any atom is -0.497 e. The molecule has 0 aliphatic carbocycles. The molecule has 23 heavy (non-hydrogen) atoms. The molecule has 0 aliphatic heterocycles. The standard InChI is InChI=1S/C18H16ClNO3/c1-22-14-6-7-17-15(9-14)13(10-20-17)8-18(21)23-11-12-4-2-3-5-16(12)19/h2-7,9-10,20H,8,11H2,1H3. The molecule has 0 radical (unpaired) electrons. The summed E-state index contributed by atoms with van der Waals surface area (Å²) in [6.45, 7) is 0.171. The van der Waals surface area contributed by atoms with Crippen LogP contribution in [0.25, 0.3) is 10.9 Å². The highest BCUT2D eigenvalue weighted by Gasteiger charge is 2.11. The number of ether oxygens (including phenoxy) is 2. The van der Waals surface area contributed by atoms with Crippen molar-refractivity contribution in [2.45, 2.75) is 13.0 Å². The van der Waals surface area contributed by atoms with E-state index in [0.717, 1.165) is 27.8 Å². The van der Waals surface area contributed by atoms with Crippen molar-refractivity contribution in [3.05, 3.63) is 64.8 Å². The van der Waals surface area contributed by atoms with E-state index < -0.39 is 0 Å². The van der Waals surface area contributed by atoms with E-state index in [2.05, 4.69) is 4.98 Å². The number of benzene rings is 2. The zero-order valence-electron chi connectivity index (χ0n) is 12.6. The van der Waals surface area contributed by atoms with Gasteiger partial charge in [-0.25, -0.2) is 0 Å². The fourth-order valence-corrected chi connectivity index (χ4v) is 2.60. The van der Waals surface area contributed by atoms with Crippen molar-refractivity contribution in [2.24, 2.45) is 0 Å². The Kier molecular flexibility index (Phi) is 4.53. The number of carbonyl (C=O) groups is 1. The van der Waals surface area contributed by atoms with Crippen LogP contribution in [0.3, 0.4) is 0 Å². The van der Waals surface area contributed by atoms with Gasteiger partial charge in [0.15, 0.2) is 0 Å². The second-order valence-electron chi connectivity index (χ2n) is 5.15. The van der Waals surface area contributed by atoms with Gasteiger partial charge >= 0.3 is 5.97 Å². The van der Waals surface area contributed by atoms with Crippen molar-refractivity contribution < 1.29 is 14.3 Å². The van der Waals surface area contributed by atoms with Gasteiger partial charge in [-0.2, -0.15) is 0 Å². The molecule has 0 saturated carbocycles. The summed E-state index contributed by atoms with van der Waals surface area (Å²) in [7, 11) is 1.62. The van der Waals surface area contributed by atoms with E-state index in [1.165, 1.54) is 0 Å². The van der Waals surface area contributed by atoms with Gasteiger partial charge in [0, 0.05) is 27.7 Å². The van der Waals surface area contributed by atoms with E-state index in [1.807, 2.05) is 42.6 Å². The van der Waals surface area contributed by atoms with Gasteiger partial charge in [-0.05, 0) is 29.8 Å². The minimum atomic E-state index is -0.298. The Hall–Kier alpha value is -2.46. The summed E-state index contributed by atoms with van der Waals surface area (Å²) in [6.07, 6.45) is 2.01. The molecule has 3 rings (SSSR count). The first-order valence-electron chi connectivity index (χ1n) is 7.20. The highest BCUT2D eigenvalue weighted by atomic mass is 35.5. The second-order valence-corrected chi connectivity index (χ2v) is 5.56. The molecule has 3 aromatic rings. The average molecular weight is 330 g/mol. The van der Waals surface area contributed by atoms with Gasteiger partial charge in [0.1, 0.15) is 12.4 Å². The van der Waals surface area contributed by atoms with Gasteiger partial charge < -0.3 is 14.5 Å². The molecular formula is C18H16ClNO3. The Morgan fingerprint density at radius 3 is 2.78 bits per heavy atom. The smallest absolute Gasteiger partial charge is 0.310 e. The summed E-state index contributed by atoms with van der Waals surface area (Å²) < 4.78 is 10.5. The van der Waals surface area contributed by atoms with E-state index >= 15 is 0 Å². The quantitative estimate of drug-likeness (QED) is 0.716. The van der Waals surface area contributed by atoms with Crippen LogP contribution in [0.15, 0.2) is 48.7 Å². The number of hydrogen-bond acceptors (Lipinski definition) is 3. The van der Waals surface area contributed by atoms with Crippen molar-refractivity contribution in [3.63, 3.8) is 0 Å². The first-order valence-corrected chi connectivity index (χ1v) is 7.58. The molecule has 0 spiro atoms. The van der Waals surface area contributed by atoms with E-state index in [1.54, 1.807) is 13.2 Å². The van der Waals surface area contributed by atoms with Gasteiger partial charge in [0.2, 0.25) is 0 Å². The molecular weight excluding hydrogens is 314 g/mol. The van der Waals surface area contributed by atoms with Crippen LogP contribution in [0.4, 0.5) is 0 Å². The zero-order chi connectivity index (χ0) is 16.2. The third-order valence-electron chi connectivity index (χ3n) is 3.66.